The summed E-state index contributed by atoms with van der Waals surface area (Å²) >= 11 is 0. The summed E-state index contributed by atoms with van der Waals surface area (Å²) in [7, 11) is 0. The highest BCUT2D eigenvalue weighted by Crippen LogP contribution is 1.89. The van der Waals surface area contributed by atoms with Crippen LogP contribution in [0.3, 0.4) is 0 Å². The average molecular weight is 167 g/mol. The summed E-state index contributed by atoms with van der Waals surface area (Å²) in [6.45, 7) is 5.27. The molecule has 0 aromatic carbocycles. The Kier molecular flexibility index (Phi) is 4.08. The van der Waals surface area contributed by atoms with Crippen molar-refractivity contribution in [2.24, 2.45) is 0 Å². The molecule has 0 aliphatic rings. The maximum absolute atomic E-state index is 4.58. The second kappa shape index (κ2) is 5.49. The van der Waals surface area contributed by atoms with Gasteiger partial charge < -0.3 is 9.84 Å². The fraction of sp³-hybridized carbons (Fsp3) is 0.500. The van der Waals surface area contributed by atoms with Crippen molar-refractivity contribution in [2.45, 2.75) is 19.4 Å². The lowest BCUT2D eigenvalue weighted by molar-refractivity contribution is 0.407. The van der Waals surface area contributed by atoms with Crippen LogP contribution in [0.5, 0.6) is 0 Å². The van der Waals surface area contributed by atoms with Crippen molar-refractivity contribution in [1.82, 2.24) is 15.5 Å². The van der Waals surface area contributed by atoms with Crippen LogP contribution in [-0.4, -0.2) is 16.7 Å². The third-order valence-electron chi connectivity index (χ3n) is 1.45. The van der Waals surface area contributed by atoms with Crippen LogP contribution in [-0.2, 0) is 6.54 Å². The normalized spacial score (nSPS) is 10.0. The number of allylic oxidation sites excluding steroid dienone is 1. The summed E-state index contributed by atoms with van der Waals surface area (Å²) in [5.74, 6) is 0.702. The van der Waals surface area contributed by atoms with Crippen LogP contribution in [0, 0.1) is 0 Å². The van der Waals surface area contributed by atoms with Crippen LogP contribution in [0.1, 0.15) is 18.7 Å². The molecule has 0 unspecified atom stereocenters. The molecule has 12 heavy (non-hydrogen) atoms. The highest BCUT2D eigenvalue weighted by atomic mass is 16.5. The fourth-order valence-electron chi connectivity index (χ4n) is 0.842. The zero-order valence-electron chi connectivity index (χ0n) is 6.99. The molecule has 1 N–H and O–H groups in total. The Morgan fingerprint density at radius 2 is 2.58 bits per heavy atom. The van der Waals surface area contributed by atoms with Crippen molar-refractivity contribution in [3.63, 3.8) is 0 Å². The van der Waals surface area contributed by atoms with Gasteiger partial charge in [-0.05, 0) is 19.4 Å². The Morgan fingerprint density at radius 3 is 3.25 bits per heavy atom. The molecule has 1 aromatic heterocycles. The molecule has 0 aliphatic heterocycles. The van der Waals surface area contributed by atoms with E-state index in [1.165, 1.54) is 6.39 Å². The lowest BCUT2D eigenvalue weighted by Crippen LogP contribution is -2.15. The maximum atomic E-state index is 4.58. The molecule has 0 spiro atoms. The second-order valence-corrected chi connectivity index (χ2v) is 2.46. The molecule has 0 fully saturated rings. The molecule has 1 aromatic rings. The molecular weight excluding hydrogens is 154 g/mol. The van der Waals surface area contributed by atoms with Crippen LogP contribution in [0.25, 0.3) is 0 Å². The molecule has 0 radical (unpaired) electrons. The van der Waals surface area contributed by atoms with Gasteiger partial charge in [-0.1, -0.05) is 11.2 Å². The first-order valence-electron chi connectivity index (χ1n) is 4.00. The Hall–Kier alpha value is -1.16. The van der Waals surface area contributed by atoms with Gasteiger partial charge in [0.25, 0.3) is 0 Å². The summed E-state index contributed by atoms with van der Waals surface area (Å²) in [6, 6.07) is 0. The molecule has 4 nitrogen and oxygen atoms in total. The van der Waals surface area contributed by atoms with Crippen molar-refractivity contribution in [2.75, 3.05) is 6.54 Å². The van der Waals surface area contributed by atoms with E-state index in [0.717, 1.165) is 19.4 Å². The van der Waals surface area contributed by atoms with E-state index in [1.807, 2.05) is 6.08 Å². The lowest BCUT2D eigenvalue weighted by Gasteiger charge is -1.98. The number of hydrogen-bond donors (Lipinski definition) is 1. The van der Waals surface area contributed by atoms with Crippen LogP contribution in [0.2, 0.25) is 0 Å². The fourth-order valence-corrected chi connectivity index (χ4v) is 0.842. The van der Waals surface area contributed by atoms with E-state index in [0.29, 0.717) is 12.4 Å². The molecule has 0 bridgehead atoms. The summed E-state index contributed by atoms with van der Waals surface area (Å²) in [4.78, 5) is 3.87. The summed E-state index contributed by atoms with van der Waals surface area (Å²) < 4.78 is 4.58. The van der Waals surface area contributed by atoms with Crippen molar-refractivity contribution in [3.05, 3.63) is 24.9 Å². The first-order valence-corrected chi connectivity index (χ1v) is 4.00. The van der Waals surface area contributed by atoms with Crippen molar-refractivity contribution in [1.29, 1.82) is 0 Å². The number of aromatic nitrogens is 2. The Bertz CT molecular complexity index is 208. The Balaban J connectivity index is 2.00. The van der Waals surface area contributed by atoms with E-state index in [4.69, 9.17) is 0 Å². The van der Waals surface area contributed by atoms with Crippen LogP contribution in [0.4, 0.5) is 0 Å². The minimum Gasteiger partial charge on any atom is -0.343 e. The molecule has 0 amide bonds. The number of hydrogen-bond acceptors (Lipinski definition) is 4. The van der Waals surface area contributed by atoms with Gasteiger partial charge >= 0.3 is 0 Å². The van der Waals surface area contributed by atoms with Gasteiger partial charge in [0.15, 0.2) is 5.82 Å². The molecule has 66 valence electrons. The molecule has 1 heterocycles. The molecule has 0 saturated carbocycles. The number of rotatable bonds is 6. The van der Waals surface area contributed by atoms with Gasteiger partial charge in [-0.25, -0.2) is 0 Å². The van der Waals surface area contributed by atoms with Gasteiger partial charge in [0.05, 0.1) is 6.54 Å². The van der Waals surface area contributed by atoms with Crippen molar-refractivity contribution in [3.8, 4) is 0 Å². The molecule has 0 saturated heterocycles. The first-order chi connectivity index (χ1) is 5.93. The van der Waals surface area contributed by atoms with Gasteiger partial charge in [-0.3, -0.25) is 0 Å². The average Bonchev–Trinajstić information content (AvgIpc) is 2.57. The highest BCUT2D eigenvalue weighted by Gasteiger charge is 1.95. The SMILES string of the molecule is C=CCCCNCc1ncon1. The van der Waals surface area contributed by atoms with E-state index in [9.17, 15) is 0 Å². The summed E-state index contributed by atoms with van der Waals surface area (Å²) in [5.41, 5.74) is 0. The van der Waals surface area contributed by atoms with Gasteiger partial charge in [0.1, 0.15) is 0 Å². The van der Waals surface area contributed by atoms with Gasteiger partial charge in [0, 0.05) is 0 Å². The van der Waals surface area contributed by atoms with E-state index in [2.05, 4.69) is 26.6 Å². The topological polar surface area (TPSA) is 51.0 Å². The van der Waals surface area contributed by atoms with Gasteiger partial charge in [0.2, 0.25) is 6.39 Å². The molecule has 4 heteroatoms. The number of nitrogens with one attached hydrogen (secondary N) is 1. The zero-order valence-corrected chi connectivity index (χ0v) is 6.99. The Labute approximate surface area is 71.7 Å². The standard InChI is InChI=1S/C8H13N3O/c1-2-3-4-5-9-6-8-10-7-12-11-8/h2,7,9H,1,3-6H2. The largest absolute Gasteiger partial charge is 0.343 e. The molecule has 0 aliphatic carbocycles. The third kappa shape index (κ3) is 3.30. The highest BCUT2D eigenvalue weighted by molar-refractivity contribution is 4.76. The molecular formula is C8H13N3O. The second-order valence-electron chi connectivity index (χ2n) is 2.46. The number of unbranched alkanes of at least 4 members (excludes halogenated alkanes) is 1. The third-order valence-corrected chi connectivity index (χ3v) is 1.45. The smallest absolute Gasteiger partial charge is 0.213 e. The van der Waals surface area contributed by atoms with E-state index < -0.39 is 0 Å². The van der Waals surface area contributed by atoms with E-state index in [-0.39, 0.29) is 0 Å². The van der Waals surface area contributed by atoms with Crippen LogP contribution < -0.4 is 5.32 Å². The minimum atomic E-state index is 0.674. The van der Waals surface area contributed by atoms with Gasteiger partial charge in [-0.2, -0.15) is 4.98 Å². The van der Waals surface area contributed by atoms with Crippen molar-refractivity contribution < 1.29 is 4.52 Å². The Morgan fingerprint density at radius 1 is 1.67 bits per heavy atom. The van der Waals surface area contributed by atoms with E-state index in [1.54, 1.807) is 0 Å². The van der Waals surface area contributed by atoms with Crippen molar-refractivity contribution >= 4 is 0 Å². The monoisotopic (exact) mass is 167 g/mol. The first kappa shape index (κ1) is 8.93. The quantitative estimate of drug-likeness (QED) is 0.509. The summed E-state index contributed by atoms with van der Waals surface area (Å²) in [5, 5.41) is 6.86. The predicted molar refractivity (Wildman–Crippen MR) is 45.4 cm³/mol. The lowest BCUT2D eigenvalue weighted by atomic mass is 10.3. The van der Waals surface area contributed by atoms with Gasteiger partial charge in [-0.15, -0.1) is 6.58 Å². The predicted octanol–water partition coefficient (Wildman–Crippen LogP) is 1.13. The minimum absolute atomic E-state index is 0.674. The van der Waals surface area contributed by atoms with E-state index >= 15 is 0 Å². The summed E-state index contributed by atoms with van der Waals surface area (Å²) in [6.07, 6.45) is 5.39. The van der Waals surface area contributed by atoms with Crippen LogP contribution in [0.15, 0.2) is 23.6 Å². The zero-order chi connectivity index (χ0) is 8.65. The number of nitrogens with zero attached hydrogens (tertiary/aromatic N) is 2. The maximum Gasteiger partial charge on any atom is 0.213 e. The molecule has 1 rings (SSSR count). The van der Waals surface area contributed by atoms with Crippen LogP contribution >= 0.6 is 0 Å². The molecule has 0 atom stereocenters.